The topological polar surface area (TPSA) is 70.1 Å². The molecule has 1 N–H and O–H groups in total. The lowest BCUT2D eigenvalue weighted by molar-refractivity contribution is -0.140. The molecule has 1 heterocycles. The van der Waals surface area contributed by atoms with Gasteiger partial charge in [0.25, 0.3) is 11.7 Å². The van der Waals surface area contributed by atoms with Gasteiger partial charge in [-0.3, -0.25) is 9.59 Å². The quantitative estimate of drug-likeness (QED) is 0.341. The van der Waals surface area contributed by atoms with Gasteiger partial charge in [0.05, 0.1) is 18.2 Å². The number of hydrogen-bond donors (Lipinski definition) is 1. The minimum absolute atomic E-state index is 0.0703. The van der Waals surface area contributed by atoms with Gasteiger partial charge in [-0.05, 0) is 62.0 Å². The van der Waals surface area contributed by atoms with Crippen LogP contribution in [0.25, 0.3) is 5.76 Å². The van der Waals surface area contributed by atoms with Gasteiger partial charge in [-0.2, -0.15) is 0 Å². The molecular formula is C25H29ClN2O4. The number of halogens is 1. The number of aliphatic hydroxyl groups excluding tert-OH is 1. The number of aliphatic hydroxyl groups is 1. The lowest BCUT2D eigenvalue weighted by atomic mass is 9.95. The van der Waals surface area contributed by atoms with Crippen molar-refractivity contribution in [3.05, 3.63) is 70.3 Å². The first-order valence-electron chi connectivity index (χ1n) is 10.9. The molecule has 6 nitrogen and oxygen atoms in total. The number of benzene rings is 2. The molecule has 1 saturated heterocycles. The van der Waals surface area contributed by atoms with Gasteiger partial charge in [0, 0.05) is 23.7 Å². The Kier molecular flexibility index (Phi) is 7.94. The van der Waals surface area contributed by atoms with E-state index in [0.717, 1.165) is 13.1 Å². The van der Waals surface area contributed by atoms with Crippen LogP contribution in [0.3, 0.4) is 0 Å². The van der Waals surface area contributed by atoms with Gasteiger partial charge < -0.3 is 19.6 Å². The monoisotopic (exact) mass is 456 g/mol. The van der Waals surface area contributed by atoms with Crippen molar-refractivity contribution in [2.75, 3.05) is 32.8 Å². The highest BCUT2D eigenvalue weighted by molar-refractivity contribution is 6.46. The van der Waals surface area contributed by atoms with Crippen molar-refractivity contribution < 1.29 is 19.4 Å². The first-order valence-corrected chi connectivity index (χ1v) is 11.3. The Labute approximate surface area is 194 Å². The summed E-state index contributed by atoms with van der Waals surface area (Å²) in [7, 11) is 0. The predicted molar refractivity (Wildman–Crippen MR) is 126 cm³/mol. The number of carbonyl (C=O) groups excluding carboxylic acids is 2. The Balaban J connectivity index is 2.06. The summed E-state index contributed by atoms with van der Waals surface area (Å²) in [6.45, 7) is 9.19. The Morgan fingerprint density at radius 3 is 2.38 bits per heavy atom. The van der Waals surface area contributed by atoms with Gasteiger partial charge in [0.1, 0.15) is 11.5 Å². The van der Waals surface area contributed by atoms with Crippen LogP contribution in [0.2, 0.25) is 5.02 Å². The molecule has 1 fully saturated rings. The highest BCUT2D eigenvalue weighted by atomic mass is 35.5. The van der Waals surface area contributed by atoms with E-state index < -0.39 is 17.7 Å². The number of likely N-dealkylation sites (tertiary alicyclic amines) is 1. The van der Waals surface area contributed by atoms with Crippen LogP contribution in [0, 0.1) is 0 Å². The van der Waals surface area contributed by atoms with Crippen molar-refractivity contribution >= 4 is 29.1 Å². The number of amides is 1. The SMILES string of the molecule is CCOc1ccc(/C(O)=C2/C(=O)C(=O)N(CCN(CC)CC)C2c2cccc(Cl)c2)cc1. The molecule has 2 aromatic rings. The van der Waals surface area contributed by atoms with Crippen molar-refractivity contribution in [2.45, 2.75) is 26.8 Å². The van der Waals surface area contributed by atoms with Gasteiger partial charge in [-0.1, -0.05) is 37.6 Å². The van der Waals surface area contributed by atoms with Gasteiger partial charge in [-0.15, -0.1) is 0 Å². The van der Waals surface area contributed by atoms with Crippen LogP contribution in [0.1, 0.15) is 37.9 Å². The summed E-state index contributed by atoms with van der Waals surface area (Å²) in [5.74, 6) is -0.854. The molecule has 0 radical (unpaired) electrons. The van der Waals surface area contributed by atoms with Crippen LogP contribution in [-0.4, -0.2) is 59.4 Å². The standard InChI is InChI=1S/C25H29ClN2O4/c1-4-27(5-2)14-15-28-22(18-8-7-9-19(26)16-18)21(24(30)25(28)31)23(29)17-10-12-20(13-11-17)32-6-3/h7-13,16,22,29H,4-6,14-15H2,1-3H3/b23-21-. The highest BCUT2D eigenvalue weighted by Crippen LogP contribution is 2.40. The zero-order valence-electron chi connectivity index (χ0n) is 18.7. The molecule has 1 atom stereocenters. The van der Waals surface area contributed by atoms with Gasteiger partial charge >= 0.3 is 0 Å². The fourth-order valence-corrected chi connectivity index (χ4v) is 4.15. The van der Waals surface area contributed by atoms with Crippen LogP contribution in [0.4, 0.5) is 0 Å². The Morgan fingerprint density at radius 2 is 1.78 bits per heavy atom. The summed E-state index contributed by atoms with van der Waals surface area (Å²) in [4.78, 5) is 29.8. The minimum Gasteiger partial charge on any atom is -0.507 e. The number of Topliss-reactive ketones (excluding diaryl/α,β-unsaturated/α-hetero) is 1. The third-order valence-electron chi connectivity index (χ3n) is 5.69. The number of rotatable bonds is 9. The second-order valence-electron chi connectivity index (χ2n) is 7.53. The molecule has 7 heteroatoms. The van der Waals surface area contributed by atoms with Crippen molar-refractivity contribution in [1.29, 1.82) is 0 Å². The normalized spacial score (nSPS) is 17.9. The van der Waals surface area contributed by atoms with Crippen molar-refractivity contribution in [1.82, 2.24) is 9.80 Å². The summed E-state index contributed by atoms with van der Waals surface area (Å²) >= 11 is 6.22. The lowest BCUT2D eigenvalue weighted by Crippen LogP contribution is -2.38. The van der Waals surface area contributed by atoms with Crippen LogP contribution >= 0.6 is 11.6 Å². The number of ketones is 1. The van der Waals surface area contributed by atoms with Crippen LogP contribution in [0.15, 0.2) is 54.1 Å². The maximum absolute atomic E-state index is 13.1. The van der Waals surface area contributed by atoms with E-state index in [-0.39, 0.29) is 11.3 Å². The molecule has 0 spiro atoms. The molecule has 1 aliphatic heterocycles. The molecule has 170 valence electrons. The van der Waals surface area contributed by atoms with Crippen molar-refractivity contribution in [3.8, 4) is 5.75 Å². The molecule has 1 amide bonds. The summed E-state index contributed by atoms with van der Waals surface area (Å²) in [6.07, 6.45) is 0. The average Bonchev–Trinajstić information content (AvgIpc) is 3.05. The highest BCUT2D eigenvalue weighted by Gasteiger charge is 2.46. The Morgan fingerprint density at radius 1 is 1.09 bits per heavy atom. The first-order chi connectivity index (χ1) is 15.4. The largest absolute Gasteiger partial charge is 0.507 e. The summed E-state index contributed by atoms with van der Waals surface area (Å²) in [5, 5.41) is 11.6. The molecule has 32 heavy (non-hydrogen) atoms. The van der Waals surface area contributed by atoms with Gasteiger partial charge in [-0.25, -0.2) is 0 Å². The zero-order valence-corrected chi connectivity index (χ0v) is 19.4. The van der Waals surface area contributed by atoms with Crippen LogP contribution < -0.4 is 4.74 Å². The van der Waals surface area contributed by atoms with Crippen molar-refractivity contribution in [3.63, 3.8) is 0 Å². The Hall–Kier alpha value is -2.83. The molecule has 3 rings (SSSR count). The molecule has 1 unspecified atom stereocenters. The summed E-state index contributed by atoms with van der Waals surface area (Å²) in [6, 6.07) is 13.2. The van der Waals surface area contributed by atoms with E-state index in [4.69, 9.17) is 16.3 Å². The van der Waals surface area contributed by atoms with E-state index in [2.05, 4.69) is 18.7 Å². The molecule has 0 saturated carbocycles. The number of likely N-dealkylation sites (N-methyl/N-ethyl adjacent to an activating group) is 1. The number of nitrogens with zero attached hydrogens (tertiary/aromatic N) is 2. The number of ether oxygens (including phenoxy) is 1. The van der Waals surface area contributed by atoms with Crippen molar-refractivity contribution in [2.24, 2.45) is 0 Å². The molecule has 1 aliphatic rings. The predicted octanol–water partition coefficient (Wildman–Crippen LogP) is 4.50. The molecule has 0 aliphatic carbocycles. The van der Waals surface area contributed by atoms with E-state index in [0.29, 0.717) is 41.6 Å². The van der Waals surface area contributed by atoms with Gasteiger partial charge in [0.15, 0.2) is 0 Å². The van der Waals surface area contributed by atoms with E-state index in [9.17, 15) is 14.7 Å². The van der Waals surface area contributed by atoms with E-state index >= 15 is 0 Å². The fourth-order valence-electron chi connectivity index (χ4n) is 3.95. The fraction of sp³-hybridized carbons (Fsp3) is 0.360. The number of carbonyl (C=O) groups is 2. The molecular weight excluding hydrogens is 428 g/mol. The van der Waals surface area contributed by atoms with Crippen LogP contribution in [-0.2, 0) is 9.59 Å². The average molecular weight is 457 g/mol. The minimum atomic E-state index is -0.712. The van der Waals surface area contributed by atoms with Crippen LogP contribution in [0.5, 0.6) is 5.75 Å². The van der Waals surface area contributed by atoms with Gasteiger partial charge in [0.2, 0.25) is 0 Å². The zero-order chi connectivity index (χ0) is 23.3. The second-order valence-corrected chi connectivity index (χ2v) is 7.97. The van der Waals surface area contributed by atoms with E-state index in [1.807, 2.05) is 13.0 Å². The third-order valence-corrected chi connectivity index (χ3v) is 5.93. The first kappa shape index (κ1) is 23.8. The maximum Gasteiger partial charge on any atom is 0.295 e. The third kappa shape index (κ3) is 4.97. The number of hydrogen-bond acceptors (Lipinski definition) is 5. The van der Waals surface area contributed by atoms with E-state index in [1.54, 1.807) is 42.5 Å². The molecule has 0 bridgehead atoms. The Bertz CT molecular complexity index is 999. The molecule has 2 aromatic carbocycles. The molecule has 0 aromatic heterocycles. The maximum atomic E-state index is 13.1. The summed E-state index contributed by atoms with van der Waals surface area (Å²) < 4.78 is 5.45. The smallest absolute Gasteiger partial charge is 0.295 e. The second kappa shape index (κ2) is 10.7. The summed E-state index contributed by atoms with van der Waals surface area (Å²) in [5.41, 5.74) is 1.20. The van der Waals surface area contributed by atoms with E-state index in [1.165, 1.54) is 4.90 Å². The lowest BCUT2D eigenvalue weighted by Gasteiger charge is -2.28.